The number of rotatable bonds is 8. The Bertz CT molecular complexity index is 646. The Balaban J connectivity index is 2.32. The van der Waals surface area contributed by atoms with Crippen LogP contribution in [-0.4, -0.2) is 43.5 Å². The summed E-state index contributed by atoms with van der Waals surface area (Å²) in [6.07, 6.45) is 1.36. The van der Waals surface area contributed by atoms with Crippen molar-refractivity contribution >= 4 is 33.9 Å². The Morgan fingerprint density at radius 2 is 1.86 bits per heavy atom. The van der Waals surface area contributed by atoms with Crippen LogP contribution in [0.2, 0.25) is 0 Å². The molecular weight excluding hydrogens is 391 g/mol. The Kier molecular flexibility index (Phi) is 6.21. The zero-order valence-corrected chi connectivity index (χ0v) is 13.6. The monoisotopic (exact) mass is 406 g/mol. The maximum absolute atomic E-state index is 11.8. The van der Waals surface area contributed by atoms with E-state index in [2.05, 4.69) is 9.97 Å². The van der Waals surface area contributed by atoms with E-state index in [0.717, 1.165) is 0 Å². The Morgan fingerprint density at radius 1 is 1.14 bits per heavy atom. The van der Waals surface area contributed by atoms with Gasteiger partial charge in [0.15, 0.2) is 11.5 Å². The van der Waals surface area contributed by atoms with Crippen LogP contribution in [0.4, 0.5) is 0 Å². The third-order valence-electron chi connectivity index (χ3n) is 2.67. The molecule has 8 heteroatoms. The zero-order valence-electron chi connectivity index (χ0n) is 11.4. The lowest BCUT2D eigenvalue weighted by atomic mass is 10.2. The van der Waals surface area contributed by atoms with Gasteiger partial charge in [-0.05, 0) is 6.07 Å². The van der Waals surface area contributed by atoms with E-state index in [1.807, 2.05) is 0 Å². The fourth-order valence-electron chi connectivity index (χ4n) is 1.72. The highest BCUT2D eigenvalue weighted by atomic mass is 127. The fraction of sp³-hybridized carbons (Fsp3) is 0.385. The van der Waals surface area contributed by atoms with E-state index in [4.69, 9.17) is 17.3 Å². The molecule has 0 saturated heterocycles. The van der Waals surface area contributed by atoms with Crippen molar-refractivity contribution in [1.82, 2.24) is 9.97 Å². The topological polar surface area (TPSA) is 82.7 Å². The molecule has 7 nitrogen and oxygen atoms in total. The van der Waals surface area contributed by atoms with Gasteiger partial charge in [0.25, 0.3) is 5.56 Å². The minimum atomic E-state index is -0.223. The van der Waals surface area contributed by atoms with Gasteiger partial charge in [-0.2, -0.15) is 0 Å². The SMILES string of the molecule is COCCOc1cc2c(=O)[nH]cnc2cc1OCCOI. The maximum Gasteiger partial charge on any atom is 0.258 e. The number of hydrogen-bond donors (Lipinski definition) is 1. The number of hydrogen-bond acceptors (Lipinski definition) is 6. The molecule has 21 heavy (non-hydrogen) atoms. The summed E-state index contributed by atoms with van der Waals surface area (Å²) in [5.74, 6) is 0.997. The second-order valence-corrected chi connectivity index (χ2v) is 4.67. The normalized spacial score (nSPS) is 10.8. The molecule has 0 spiro atoms. The van der Waals surface area contributed by atoms with Crippen molar-refractivity contribution < 1.29 is 17.3 Å². The van der Waals surface area contributed by atoms with Crippen molar-refractivity contribution in [3.63, 3.8) is 0 Å². The highest BCUT2D eigenvalue weighted by Gasteiger charge is 2.11. The van der Waals surface area contributed by atoms with E-state index in [-0.39, 0.29) is 5.56 Å². The molecule has 0 aliphatic carbocycles. The zero-order chi connectivity index (χ0) is 15.1. The van der Waals surface area contributed by atoms with Gasteiger partial charge in [-0.3, -0.25) is 4.79 Å². The van der Waals surface area contributed by atoms with Crippen molar-refractivity contribution in [2.75, 3.05) is 33.5 Å². The van der Waals surface area contributed by atoms with Gasteiger partial charge in [0, 0.05) is 13.2 Å². The maximum atomic E-state index is 11.8. The molecule has 1 aromatic carbocycles. The van der Waals surface area contributed by atoms with E-state index in [1.165, 1.54) is 6.33 Å². The standard InChI is InChI=1S/C13H15IN2O5/c1-18-2-3-19-11-6-9-10(15-8-16-13(9)17)7-12(11)20-4-5-21-14/h6-8H,2-5H2,1H3,(H,15,16,17). The van der Waals surface area contributed by atoms with Crippen molar-refractivity contribution in [3.8, 4) is 11.5 Å². The number of H-pyrrole nitrogens is 1. The number of aromatic nitrogens is 2. The Morgan fingerprint density at radius 3 is 2.57 bits per heavy atom. The van der Waals surface area contributed by atoms with Gasteiger partial charge < -0.3 is 22.3 Å². The molecule has 2 rings (SSSR count). The van der Waals surface area contributed by atoms with Crippen LogP contribution < -0.4 is 15.0 Å². The van der Waals surface area contributed by atoms with E-state index in [0.29, 0.717) is 48.8 Å². The Labute approximate surface area is 135 Å². The summed E-state index contributed by atoms with van der Waals surface area (Å²) in [6, 6.07) is 3.30. The molecule has 114 valence electrons. The second kappa shape index (κ2) is 8.15. The van der Waals surface area contributed by atoms with Crippen LogP contribution in [-0.2, 0) is 7.80 Å². The third kappa shape index (κ3) is 4.29. The van der Waals surface area contributed by atoms with Gasteiger partial charge in [0.1, 0.15) is 36.2 Å². The lowest BCUT2D eigenvalue weighted by Crippen LogP contribution is -2.10. The van der Waals surface area contributed by atoms with E-state index in [1.54, 1.807) is 42.2 Å². The molecule has 0 aliphatic heterocycles. The van der Waals surface area contributed by atoms with Gasteiger partial charge in [0.05, 0.1) is 30.4 Å². The first-order valence-electron chi connectivity index (χ1n) is 6.25. The van der Waals surface area contributed by atoms with Gasteiger partial charge in [-0.1, -0.05) is 0 Å². The summed E-state index contributed by atoms with van der Waals surface area (Å²) in [6.45, 7) is 1.62. The van der Waals surface area contributed by atoms with E-state index < -0.39 is 0 Å². The molecule has 1 N–H and O–H groups in total. The molecule has 0 bridgehead atoms. The molecule has 0 radical (unpaired) electrons. The number of ether oxygens (including phenoxy) is 3. The Hall–Kier alpha value is -1.39. The number of aromatic amines is 1. The number of benzene rings is 1. The third-order valence-corrected chi connectivity index (χ3v) is 3.11. The van der Waals surface area contributed by atoms with Gasteiger partial charge in [-0.15, -0.1) is 0 Å². The first kappa shape index (κ1) is 16.0. The predicted molar refractivity (Wildman–Crippen MR) is 85.2 cm³/mol. The average molecular weight is 406 g/mol. The summed E-state index contributed by atoms with van der Waals surface area (Å²) in [5, 5.41) is 0.447. The highest BCUT2D eigenvalue weighted by Crippen LogP contribution is 2.30. The van der Waals surface area contributed by atoms with Crippen molar-refractivity contribution in [2.24, 2.45) is 0 Å². The van der Waals surface area contributed by atoms with E-state index >= 15 is 0 Å². The molecule has 0 saturated carbocycles. The van der Waals surface area contributed by atoms with Crippen molar-refractivity contribution in [3.05, 3.63) is 28.8 Å². The van der Waals surface area contributed by atoms with Crippen LogP contribution in [0.3, 0.4) is 0 Å². The molecule has 0 amide bonds. The molecule has 1 aromatic heterocycles. The molecule has 0 atom stereocenters. The molecule has 0 fully saturated rings. The summed E-state index contributed by atoms with van der Waals surface area (Å²) in [4.78, 5) is 18.4. The fourth-order valence-corrected chi connectivity index (χ4v) is 1.90. The predicted octanol–water partition coefficient (Wildman–Crippen LogP) is 1.69. The summed E-state index contributed by atoms with van der Waals surface area (Å²) in [5.41, 5.74) is 0.321. The molecule has 0 aliphatic rings. The van der Waals surface area contributed by atoms with Crippen molar-refractivity contribution in [1.29, 1.82) is 0 Å². The molecule has 2 aromatic rings. The van der Waals surface area contributed by atoms with Crippen LogP contribution in [0.1, 0.15) is 0 Å². The summed E-state index contributed by atoms with van der Waals surface area (Å²) in [7, 11) is 1.59. The molecule has 0 unspecified atom stereocenters. The number of nitrogens with zero attached hydrogens (tertiary/aromatic N) is 1. The first-order valence-corrected chi connectivity index (χ1v) is 7.14. The number of halogens is 1. The van der Waals surface area contributed by atoms with Crippen LogP contribution in [0, 0.1) is 0 Å². The minimum absolute atomic E-state index is 0.223. The second-order valence-electron chi connectivity index (χ2n) is 4.05. The lowest BCUT2D eigenvalue weighted by Gasteiger charge is -2.13. The minimum Gasteiger partial charge on any atom is -0.487 e. The lowest BCUT2D eigenvalue weighted by molar-refractivity contribution is 0.142. The summed E-state index contributed by atoms with van der Waals surface area (Å²) >= 11 is 1.80. The quantitative estimate of drug-likeness (QED) is 0.531. The average Bonchev–Trinajstić information content (AvgIpc) is 2.49. The van der Waals surface area contributed by atoms with Crippen molar-refractivity contribution in [2.45, 2.75) is 0 Å². The van der Waals surface area contributed by atoms with Crippen LogP contribution in [0.5, 0.6) is 11.5 Å². The van der Waals surface area contributed by atoms with Gasteiger partial charge in [0.2, 0.25) is 0 Å². The van der Waals surface area contributed by atoms with Crippen LogP contribution in [0.15, 0.2) is 23.3 Å². The smallest absolute Gasteiger partial charge is 0.258 e. The van der Waals surface area contributed by atoms with E-state index in [9.17, 15) is 4.79 Å². The number of fused-ring (bicyclic) bond motifs is 1. The largest absolute Gasteiger partial charge is 0.487 e. The van der Waals surface area contributed by atoms with Gasteiger partial charge in [-0.25, -0.2) is 4.98 Å². The van der Waals surface area contributed by atoms with Gasteiger partial charge >= 0.3 is 0 Å². The highest BCUT2D eigenvalue weighted by molar-refractivity contribution is 14.1. The molecule has 1 heterocycles. The summed E-state index contributed by atoms with van der Waals surface area (Å²) < 4.78 is 21.1. The molecular formula is C13H15IN2O5. The number of nitrogens with one attached hydrogen (secondary N) is 1. The number of methoxy groups -OCH3 is 1. The first-order chi connectivity index (χ1) is 10.3. The van der Waals surface area contributed by atoms with Crippen LogP contribution >= 0.6 is 23.0 Å². The van der Waals surface area contributed by atoms with Crippen LogP contribution in [0.25, 0.3) is 10.9 Å².